The van der Waals surface area contributed by atoms with Gasteiger partial charge in [-0.15, -0.1) is 0 Å². The van der Waals surface area contributed by atoms with Crippen LogP contribution in [0, 0.1) is 6.92 Å². The van der Waals surface area contributed by atoms with Crippen molar-refractivity contribution < 1.29 is 14.3 Å². The number of hydrogen-bond acceptors (Lipinski definition) is 5. The maximum absolute atomic E-state index is 12.2. The van der Waals surface area contributed by atoms with E-state index in [0.29, 0.717) is 22.9 Å². The molecule has 2 aromatic heterocycles. The zero-order chi connectivity index (χ0) is 18.5. The predicted octanol–water partition coefficient (Wildman–Crippen LogP) is 3.24. The van der Waals surface area contributed by atoms with E-state index >= 15 is 0 Å². The van der Waals surface area contributed by atoms with Crippen molar-refractivity contribution in [3.8, 4) is 17.3 Å². The molecule has 1 aromatic carbocycles. The van der Waals surface area contributed by atoms with E-state index in [1.165, 1.54) is 7.11 Å². The molecule has 0 saturated carbocycles. The minimum Gasteiger partial charge on any atom is -0.497 e. The lowest BCUT2D eigenvalue weighted by Gasteiger charge is -2.12. The largest absolute Gasteiger partial charge is 0.497 e. The van der Waals surface area contributed by atoms with Gasteiger partial charge in [-0.05, 0) is 31.2 Å². The van der Waals surface area contributed by atoms with E-state index in [4.69, 9.17) is 9.47 Å². The fourth-order valence-corrected chi connectivity index (χ4v) is 2.41. The average Bonchev–Trinajstić information content (AvgIpc) is 3.08. The minimum atomic E-state index is -0.401. The van der Waals surface area contributed by atoms with E-state index in [2.05, 4.69) is 20.6 Å². The Morgan fingerprint density at radius 1 is 1.08 bits per heavy atom. The van der Waals surface area contributed by atoms with Crippen molar-refractivity contribution in [1.29, 1.82) is 0 Å². The summed E-state index contributed by atoms with van der Waals surface area (Å²) >= 11 is 0. The van der Waals surface area contributed by atoms with Crippen LogP contribution in [0.25, 0.3) is 5.82 Å². The van der Waals surface area contributed by atoms with Crippen molar-refractivity contribution >= 4 is 17.4 Å². The lowest BCUT2D eigenvalue weighted by Crippen LogP contribution is -2.20. The zero-order valence-electron chi connectivity index (χ0n) is 14.7. The van der Waals surface area contributed by atoms with Crippen molar-refractivity contribution in [3.63, 3.8) is 0 Å². The van der Waals surface area contributed by atoms with Crippen molar-refractivity contribution in [2.45, 2.75) is 6.92 Å². The van der Waals surface area contributed by atoms with Gasteiger partial charge in [-0.2, -0.15) is 0 Å². The van der Waals surface area contributed by atoms with Crippen LogP contribution in [-0.2, 0) is 0 Å². The molecule has 2 heterocycles. The van der Waals surface area contributed by atoms with Crippen molar-refractivity contribution in [2.75, 3.05) is 24.9 Å². The first-order chi connectivity index (χ1) is 12.6. The van der Waals surface area contributed by atoms with Gasteiger partial charge in [0.2, 0.25) is 0 Å². The van der Waals surface area contributed by atoms with E-state index in [1.54, 1.807) is 49.8 Å². The minimum absolute atomic E-state index is 0.401. The second-order valence-electron chi connectivity index (χ2n) is 5.39. The van der Waals surface area contributed by atoms with Gasteiger partial charge < -0.3 is 20.1 Å². The van der Waals surface area contributed by atoms with Crippen LogP contribution in [0.3, 0.4) is 0 Å². The number of rotatable bonds is 5. The fourth-order valence-electron chi connectivity index (χ4n) is 2.41. The molecule has 0 atom stereocenters. The molecule has 0 aliphatic rings. The first-order valence-electron chi connectivity index (χ1n) is 7.87. The fraction of sp³-hybridized carbons (Fsp3) is 0.167. The lowest BCUT2D eigenvalue weighted by atomic mass is 10.2. The molecule has 0 spiro atoms. The molecule has 134 valence electrons. The average molecular weight is 353 g/mol. The molecule has 8 nitrogen and oxygen atoms in total. The lowest BCUT2D eigenvalue weighted by molar-refractivity contribution is 0.262. The molecule has 3 aromatic rings. The second-order valence-corrected chi connectivity index (χ2v) is 5.39. The Morgan fingerprint density at radius 3 is 2.54 bits per heavy atom. The summed E-state index contributed by atoms with van der Waals surface area (Å²) in [7, 11) is 3.09. The van der Waals surface area contributed by atoms with Gasteiger partial charge in [-0.25, -0.2) is 14.8 Å². The molecule has 0 aliphatic heterocycles. The molecule has 3 rings (SSSR count). The maximum Gasteiger partial charge on any atom is 0.323 e. The number of imidazole rings is 1. The number of anilines is 2. The molecule has 0 aliphatic carbocycles. The number of methoxy groups -OCH3 is 2. The third-order valence-corrected chi connectivity index (χ3v) is 3.74. The highest BCUT2D eigenvalue weighted by Crippen LogP contribution is 2.29. The van der Waals surface area contributed by atoms with Crippen LogP contribution in [0.15, 0.2) is 48.9 Å². The second kappa shape index (κ2) is 7.56. The van der Waals surface area contributed by atoms with Crippen LogP contribution < -0.4 is 20.1 Å². The van der Waals surface area contributed by atoms with Gasteiger partial charge in [-0.1, -0.05) is 0 Å². The van der Waals surface area contributed by atoms with Gasteiger partial charge in [0.15, 0.2) is 0 Å². The summed E-state index contributed by atoms with van der Waals surface area (Å²) in [5.41, 5.74) is 1.10. The molecule has 26 heavy (non-hydrogen) atoms. The molecular weight excluding hydrogens is 334 g/mol. The molecule has 8 heteroatoms. The Balaban J connectivity index is 1.68. The summed E-state index contributed by atoms with van der Waals surface area (Å²) in [6.45, 7) is 1.89. The number of carbonyl (C=O) groups excluding carboxylic acids is 1. The normalized spacial score (nSPS) is 10.3. The molecule has 2 N–H and O–H groups in total. The number of nitrogens with one attached hydrogen (secondary N) is 2. The highest BCUT2D eigenvalue weighted by atomic mass is 16.5. The van der Waals surface area contributed by atoms with Crippen molar-refractivity contribution in [2.24, 2.45) is 0 Å². The van der Waals surface area contributed by atoms with Crippen LogP contribution in [-0.4, -0.2) is 34.8 Å². The van der Waals surface area contributed by atoms with Crippen LogP contribution in [0.2, 0.25) is 0 Å². The van der Waals surface area contributed by atoms with Crippen molar-refractivity contribution in [1.82, 2.24) is 14.5 Å². The molecule has 2 amide bonds. The molecule has 0 fully saturated rings. The number of nitrogens with zero attached hydrogens (tertiary/aromatic N) is 3. The molecule has 0 radical (unpaired) electrons. The number of amides is 2. The highest BCUT2D eigenvalue weighted by molar-refractivity contribution is 6.00. The number of benzene rings is 1. The zero-order valence-corrected chi connectivity index (χ0v) is 14.7. The van der Waals surface area contributed by atoms with Crippen LogP contribution in [0.1, 0.15) is 5.82 Å². The highest BCUT2D eigenvalue weighted by Gasteiger charge is 2.10. The van der Waals surface area contributed by atoms with Gasteiger partial charge in [0.25, 0.3) is 0 Å². The Morgan fingerprint density at radius 2 is 1.92 bits per heavy atom. The summed E-state index contributed by atoms with van der Waals surface area (Å²) in [6.07, 6.45) is 5.12. The third kappa shape index (κ3) is 3.75. The molecule has 0 saturated heterocycles. The standard InChI is InChI=1S/C18H19N5O3/c1-12-19-8-9-23(12)17-7-4-13(11-20-17)21-18(24)22-15-6-5-14(25-2)10-16(15)26-3/h4-11H,1-3H3,(H2,21,22,24). The van der Waals surface area contributed by atoms with Gasteiger partial charge in [0, 0.05) is 18.5 Å². The van der Waals surface area contributed by atoms with Crippen LogP contribution in [0.4, 0.5) is 16.2 Å². The van der Waals surface area contributed by atoms with Gasteiger partial charge in [0.1, 0.15) is 23.1 Å². The number of aryl methyl sites for hydroxylation is 1. The van der Waals surface area contributed by atoms with Crippen LogP contribution >= 0.6 is 0 Å². The summed E-state index contributed by atoms with van der Waals surface area (Å²) in [5.74, 6) is 2.70. The molecule has 0 bridgehead atoms. The van der Waals surface area contributed by atoms with Gasteiger partial charge in [0.05, 0.1) is 31.8 Å². The third-order valence-electron chi connectivity index (χ3n) is 3.74. The Hall–Kier alpha value is -3.55. The van der Waals surface area contributed by atoms with E-state index < -0.39 is 6.03 Å². The number of carbonyl (C=O) groups is 1. The number of ether oxygens (including phenoxy) is 2. The number of hydrogen-bond donors (Lipinski definition) is 2. The summed E-state index contributed by atoms with van der Waals surface area (Å²) < 4.78 is 12.3. The first kappa shape index (κ1) is 17.3. The van der Waals surface area contributed by atoms with E-state index in [1.807, 2.05) is 17.7 Å². The quantitative estimate of drug-likeness (QED) is 0.735. The summed E-state index contributed by atoms with van der Waals surface area (Å²) in [6, 6.07) is 8.31. The van der Waals surface area contributed by atoms with Gasteiger partial charge in [-0.3, -0.25) is 4.57 Å². The monoisotopic (exact) mass is 353 g/mol. The van der Waals surface area contributed by atoms with E-state index in [9.17, 15) is 4.79 Å². The number of pyridine rings is 1. The predicted molar refractivity (Wildman–Crippen MR) is 98.3 cm³/mol. The topological polar surface area (TPSA) is 90.3 Å². The number of aromatic nitrogens is 3. The molecule has 0 unspecified atom stereocenters. The first-order valence-corrected chi connectivity index (χ1v) is 7.87. The van der Waals surface area contributed by atoms with E-state index in [0.717, 1.165) is 11.6 Å². The SMILES string of the molecule is COc1ccc(NC(=O)Nc2ccc(-n3ccnc3C)nc2)c(OC)c1. The van der Waals surface area contributed by atoms with E-state index in [-0.39, 0.29) is 0 Å². The Labute approximate surface area is 150 Å². The Kier molecular flexibility index (Phi) is 5.02. The summed E-state index contributed by atoms with van der Waals surface area (Å²) in [5, 5.41) is 5.47. The summed E-state index contributed by atoms with van der Waals surface area (Å²) in [4.78, 5) is 20.7. The number of urea groups is 1. The Bertz CT molecular complexity index is 905. The maximum atomic E-state index is 12.2. The van der Waals surface area contributed by atoms with Crippen LogP contribution in [0.5, 0.6) is 11.5 Å². The smallest absolute Gasteiger partial charge is 0.323 e. The van der Waals surface area contributed by atoms with Crippen molar-refractivity contribution in [3.05, 3.63) is 54.7 Å². The molecular formula is C18H19N5O3. The van der Waals surface area contributed by atoms with Gasteiger partial charge >= 0.3 is 6.03 Å².